The van der Waals surface area contributed by atoms with Gasteiger partial charge in [-0.3, -0.25) is 0 Å². The summed E-state index contributed by atoms with van der Waals surface area (Å²) in [5.41, 5.74) is 0. The molecule has 1 fully saturated rings. The van der Waals surface area contributed by atoms with Crippen LogP contribution in [0.25, 0.3) is 0 Å². The van der Waals surface area contributed by atoms with Crippen LogP contribution in [0.1, 0.15) is 39.5 Å². The van der Waals surface area contributed by atoms with Gasteiger partial charge in [-0.05, 0) is 12.3 Å². The van der Waals surface area contributed by atoms with Crippen LogP contribution in [-0.4, -0.2) is 32.0 Å². The molecule has 16 heavy (non-hydrogen) atoms. The van der Waals surface area contributed by atoms with Gasteiger partial charge in [0.25, 0.3) is 0 Å². The van der Waals surface area contributed by atoms with E-state index in [4.69, 9.17) is 9.47 Å². The minimum Gasteiger partial charge on any atom is -0.442 e. The Morgan fingerprint density at radius 3 is 2.94 bits per heavy atom. The van der Waals surface area contributed by atoms with Gasteiger partial charge < -0.3 is 14.8 Å². The van der Waals surface area contributed by atoms with Gasteiger partial charge in [0.15, 0.2) is 0 Å². The molecule has 0 aromatic rings. The van der Waals surface area contributed by atoms with E-state index in [0.29, 0.717) is 19.1 Å². The van der Waals surface area contributed by atoms with Gasteiger partial charge in [-0.1, -0.05) is 33.1 Å². The SMILES string of the molecule is CCCCC(CC)COCC1CNC(=O)O1. The quantitative estimate of drug-likeness (QED) is 0.695. The number of carbonyl (C=O) groups excluding carboxylic acids is 1. The number of unbranched alkanes of at least 4 members (excludes halogenated alkanes) is 1. The molecule has 0 aromatic carbocycles. The van der Waals surface area contributed by atoms with Crippen LogP contribution in [0.5, 0.6) is 0 Å². The number of cyclic esters (lactones) is 1. The number of hydrogen-bond acceptors (Lipinski definition) is 3. The maximum Gasteiger partial charge on any atom is 0.407 e. The van der Waals surface area contributed by atoms with Crippen molar-refractivity contribution in [2.24, 2.45) is 5.92 Å². The van der Waals surface area contributed by atoms with Crippen molar-refractivity contribution >= 4 is 6.09 Å². The molecule has 0 aromatic heterocycles. The number of carbonyl (C=O) groups is 1. The van der Waals surface area contributed by atoms with Gasteiger partial charge in [0, 0.05) is 6.61 Å². The van der Waals surface area contributed by atoms with Crippen LogP contribution in [0.3, 0.4) is 0 Å². The second kappa shape index (κ2) is 7.49. The molecule has 2 atom stereocenters. The van der Waals surface area contributed by atoms with E-state index in [1.165, 1.54) is 19.3 Å². The zero-order valence-electron chi connectivity index (χ0n) is 10.3. The Morgan fingerprint density at radius 1 is 1.56 bits per heavy atom. The van der Waals surface area contributed by atoms with Gasteiger partial charge in [0.2, 0.25) is 0 Å². The highest BCUT2D eigenvalue weighted by Gasteiger charge is 2.22. The number of rotatable bonds is 8. The van der Waals surface area contributed by atoms with E-state index >= 15 is 0 Å². The van der Waals surface area contributed by atoms with Gasteiger partial charge in [0.1, 0.15) is 6.10 Å². The molecule has 1 N–H and O–H groups in total. The van der Waals surface area contributed by atoms with Gasteiger partial charge in [-0.2, -0.15) is 0 Å². The van der Waals surface area contributed by atoms with E-state index in [0.717, 1.165) is 13.0 Å². The lowest BCUT2D eigenvalue weighted by Crippen LogP contribution is -2.22. The van der Waals surface area contributed by atoms with Crippen molar-refractivity contribution in [3.63, 3.8) is 0 Å². The Morgan fingerprint density at radius 2 is 2.38 bits per heavy atom. The van der Waals surface area contributed by atoms with Gasteiger partial charge in [0.05, 0.1) is 13.2 Å². The lowest BCUT2D eigenvalue weighted by atomic mass is 10.0. The molecule has 1 amide bonds. The van der Waals surface area contributed by atoms with Gasteiger partial charge >= 0.3 is 6.09 Å². The van der Waals surface area contributed by atoms with Crippen molar-refractivity contribution < 1.29 is 14.3 Å². The summed E-state index contributed by atoms with van der Waals surface area (Å²) in [5, 5.41) is 2.61. The Bertz CT molecular complexity index is 208. The average Bonchev–Trinajstić information content (AvgIpc) is 2.69. The van der Waals surface area contributed by atoms with Crippen LogP contribution in [0.2, 0.25) is 0 Å². The zero-order chi connectivity index (χ0) is 11.8. The van der Waals surface area contributed by atoms with E-state index in [1.807, 2.05) is 0 Å². The fourth-order valence-corrected chi connectivity index (χ4v) is 1.79. The second-order valence-corrected chi connectivity index (χ2v) is 4.36. The highest BCUT2D eigenvalue weighted by atomic mass is 16.6. The van der Waals surface area contributed by atoms with E-state index in [2.05, 4.69) is 19.2 Å². The molecule has 4 heteroatoms. The number of amides is 1. The molecule has 1 rings (SSSR count). The van der Waals surface area contributed by atoms with E-state index < -0.39 is 0 Å². The Hall–Kier alpha value is -0.770. The highest BCUT2D eigenvalue weighted by molar-refractivity contribution is 5.69. The molecule has 4 nitrogen and oxygen atoms in total. The zero-order valence-corrected chi connectivity index (χ0v) is 10.3. The minimum absolute atomic E-state index is 0.101. The first-order valence-electron chi connectivity index (χ1n) is 6.28. The summed E-state index contributed by atoms with van der Waals surface area (Å²) in [6.07, 6.45) is 4.46. The van der Waals surface area contributed by atoms with Crippen molar-refractivity contribution in [3.8, 4) is 0 Å². The number of nitrogens with one attached hydrogen (secondary N) is 1. The lowest BCUT2D eigenvalue weighted by Gasteiger charge is -2.15. The van der Waals surface area contributed by atoms with Crippen LogP contribution in [0.15, 0.2) is 0 Å². The summed E-state index contributed by atoms with van der Waals surface area (Å²) in [5.74, 6) is 0.644. The Kier molecular flexibility index (Phi) is 6.23. The van der Waals surface area contributed by atoms with Crippen LogP contribution in [-0.2, 0) is 9.47 Å². The van der Waals surface area contributed by atoms with Crippen molar-refractivity contribution in [2.75, 3.05) is 19.8 Å². The third-order valence-electron chi connectivity index (χ3n) is 2.95. The van der Waals surface area contributed by atoms with Crippen LogP contribution in [0.4, 0.5) is 4.79 Å². The summed E-state index contributed by atoms with van der Waals surface area (Å²) in [7, 11) is 0. The second-order valence-electron chi connectivity index (χ2n) is 4.36. The first kappa shape index (κ1) is 13.3. The number of alkyl carbamates (subject to hydrolysis) is 1. The van der Waals surface area contributed by atoms with Crippen molar-refractivity contribution in [1.29, 1.82) is 0 Å². The third-order valence-corrected chi connectivity index (χ3v) is 2.95. The number of hydrogen-bond donors (Lipinski definition) is 1. The van der Waals surface area contributed by atoms with Crippen molar-refractivity contribution in [3.05, 3.63) is 0 Å². The number of ether oxygens (including phenoxy) is 2. The minimum atomic E-state index is -0.327. The predicted molar refractivity (Wildman–Crippen MR) is 62.4 cm³/mol. The molecule has 1 aliphatic heterocycles. The average molecular weight is 229 g/mol. The fraction of sp³-hybridized carbons (Fsp3) is 0.917. The maximum atomic E-state index is 10.8. The molecule has 0 bridgehead atoms. The topological polar surface area (TPSA) is 47.6 Å². The summed E-state index contributed by atoms with van der Waals surface area (Å²) in [4.78, 5) is 10.8. The molecule has 1 aliphatic rings. The normalized spacial score (nSPS) is 21.6. The molecule has 0 spiro atoms. The molecule has 0 aliphatic carbocycles. The van der Waals surface area contributed by atoms with E-state index in [-0.39, 0.29) is 12.2 Å². The van der Waals surface area contributed by atoms with Crippen molar-refractivity contribution in [1.82, 2.24) is 5.32 Å². The van der Waals surface area contributed by atoms with Crippen molar-refractivity contribution in [2.45, 2.75) is 45.6 Å². The predicted octanol–water partition coefficient (Wildman–Crippen LogP) is 2.33. The van der Waals surface area contributed by atoms with Crippen LogP contribution in [0, 0.1) is 5.92 Å². The molecule has 0 saturated carbocycles. The smallest absolute Gasteiger partial charge is 0.407 e. The Labute approximate surface area is 97.7 Å². The fourth-order valence-electron chi connectivity index (χ4n) is 1.79. The molecule has 0 radical (unpaired) electrons. The molecule has 2 unspecified atom stereocenters. The highest BCUT2D eigenvalue weighted by Crippen LogP contribution is 2.13. The van der Waals surface area contributed by atoms with Gasteiger partial charge in [-0.15, -0.1) is 0 Å². The first-order chi connectivity index (χ1) is 7.76. The Balaban J connectivity index is 2.06. The largest absolute Gasteiger partial charge is 0.442 e. The van der Waals surface area contributed by atoms with Crippen LogP contribution < -0.4 is 5.32 Å². The van der Waals surface area contributed by atoms with Crippen LogP contribution >= 0.6 is 0 Å². The molecule has 1 heterocycles. The molecule has 1 saturated heterocycles. The van der Waals surface area contributed by atoms with E-state index in [9.17, 15) is 4.79 Å². The molecule has 94 valence electrons. The summed E-state index contributed by atoms with van der Waals surface area (Å²) >= 11 is 0. The third kappa shape index (κ3) is 4.84. The lowest BCUT2D eigenvalue weighted by molar-refractivity contribution is 0.0281. The van der Waals surface area contributed by atoms with Gasteiger partial charge in [-0.25, -0.2) is 4.79 Å². The first-order valence-corrected chi connectivity index (χ1v) is 6.28. The summed E-state index contributed by atoms with van der Waals surface area (Å²) < 4.78 is 10.6. The van der Waals surface area contributed by atoms with E-state index in [1.54, 1.807) is 0 Å². The summed E-state index contributed by atoms with van der Waals surface area (Å²) in [6, 6.07) is 0. The monoisotopic (exact) mass is 229 g/mol. The maximum absolute atomic E-state index is 10.8. The molecular weight excluding hydrogens is 206 g/mol. The standard InChI is InChI=1S/C12H23NO3/c1-3-5-6-10(4-2)8-15-9-11-7-13-12(14)16-11/h10-11H,3-9H2,1-2H3,(H,13,14). The molecular formula is C12H23NO3. The summed E-state index contributed by atoms with van der Waals surface area (Å²) in [6.45, 7) is 6.27.